The molecular weight excluding hydrogens is 444 g/mol. The van der Waals surface area contributed by atoms with Crippen molar-refractivity contribution in [1.29, 1.82) is 0 Å². The van der Waals surface area contributed by atoms with Crippen molar-refractivity contribution in [3.8, 4) is 0 Å². The number of benzene rings is 2. The standard InChI is InChI=1S/C19H22FN5.HI/c1-2-21-19(23-13-14-7-9-15(20)10-8-14)22-12-11-18-24-16-5-3-4-6-17(16)25-18;/h3-10H,2,11-13H2,1H3,(H,24,25)(H2,21,22,23);1H. The summed E-state index contributed by atoms with van der Waals surface area (Å²) in [6.07, 6.45) is 0.773. The summed E-state index contributed by atoms with van der Waals surface area (Å²) >= 11 is 0. The van der Waals surface area contributed by atoms with E-state index in [1.165, 1.54) is 12.1 Å². The molecule has 0 fully saturated rings. The highest BCUT2D eigenvalue weighted by Gasteiger charge is 2.03. The average Bonchev–Trinajstić information content (AvgIpc) is 3.04. The Morgan fingerprint density at radius 1 is 1.12 bits per heavy atom. The number of aliphatic imine (C=N–C) groups is 1. The van der Waals surface area contributed by atoms with E-state index in [1.54, 1.807) is 12.1 Å². The van der Waals surface area contributed by atoms with Gasteiger partial charge in [-0.1, -0.05) is 24.3 Å². The fraction of sp³-hybridized carbons (Fsp3) is 0.263. The van der Waals surface area contributed by atoms with E-state index < -0.39 is 0 Å². The molecule has 7 heteroatoms. The summed E-state index contributed by atoms with van der Waals surface area (Å²) in [4.78, 5) is 12.4. The quantitative estimate of drug-likeness (QED) is 0.295. The minimum Gasteiger partial charge on any atom is -0.357 e. The van der Waals surface area contributed by atoms with Crippen LogP contribution in [0.15, 0.2) is 53.5 Å². The summed E-state index contributed by atoms with van der Waals surface area (Å²) in [5, 5.41) is 6.51. The average molecular weight is 467 g/mol. The number of H-pyrrole nitrogens is 1. The van der Waals surface area contributed by atoms with Crippen LogP contribution in [-0.4, -0.2) is 29.0 Å². The largest absolute Gasteiger partial charge is 0.357 e. The Bertz CT molecular complexity index is 812. The van der Waals surface area contributed by atoms with Crippen LogP contribution in [0.25, 0.3) is 11.0 Å². The minimum atomic E-state index is -0.233. The van der Waals surface area contributed by atoms with Gasteiger partial charge in [0.1, 0.15) is 11.6 Å². The van der Waals surface area contributed by atoms with Gasteiger partial charge >= 0.3 is 0 Å². The SMILES string of the molecule is CCNC(=NCc1ccc(F)cc1)NCCc1nc2ccccc2[nH]1.I. The molecule has 3 rings (SSSR count). The van der Waals surface area contributed by atoms with Gasteiger partial charge in [-0.3, -0.25) is 0 Å². The molecule has 2 aromatic carbocycles. The summed E-state index contributed by atoms with van der Waals surface area (Å²) in [5.74, 6) is 1.45. The topological polar surface area (TPSA) is 65.1 Å². The molecule has 0 saturated carbocycles. The monoisotopic (exact) mass is 467 g/mol. The van der Waals surface area contributed by atoms with Crippen molar-refractivity contribution in [3.05, 3.63) is 65.7 Å². The summed E-state index contributed by atoms with van der Waals surface area (Å²) in [7, 11) is 0. The highest BCUT2D eigenvalue weighted by molar-refractivity contribution is 14.0. The zero-order chi connectivity index (χ0) is 17.5. The van der Waals surface area contributed by atoms with Gasteiger partial charge in [0.25, 0.3) is 0 Å². The number of halogens is 2. The maximum absolute atomic E-state index is 12.9. The molecule has 0 aliphatic carbocycles. The van der Waals surface area contributed by atoms with Crippen LogP contribution < -0.4 is 10.6 Å². The molecule has 0 atom stereocenters. The van der Waals surface area contributed by atoms with Gasteiger partial charge < -0.3 is 15.6 Å². The molecule has 3 aromatic rings. The number of hydrogen-bond donors (Lipinski definition) is 3. The number of nitrogens with zero attached hydrogens (tertiary/aromatic N) is 2. The van der Waals surface area contributed by atoms with Gasteiger partial charge in [0, 0.05) is 19.5 Å². The molecule has 0 aliphatic rings. The predicted molar refractivity (Wildman–Crippen MR) is 114 cm³/mol. The van der Waals surface area contributed by atoms with Crippen molar-refractivity contribution in [1.82, 2.24) is 20.6 Å². The molecule has 1 aromatic heterocycles. The van der Waals surface area contributed by atoms with Crippen LogP contribution in [0.1, 0.15) is 18.3 Å². The zero-order valence-electron chi connectivity index (χ0n) is 14.6. The summed E-state index contributed by atoms with van der Waals surface area (Å²) < 4.78 is 12.9. The first-order valence-electron chi connectivity index (χ1n) is 8.45. The van der Waals surface area contributed by atoms with Gasteiger partial charge in [0.15, 0.2) is 5.96 Å². The Kier molecular flexibility index (Phi) is 7.83. The third-order valence-electron chi connectivity index (χ3n) is 3.77. The van der Waals surface area contributed by atoms with E-state index >= 15 is 0 Å². The van der Waals surface area contributed by atoms with Crippen molar-refractivity contribution in [2.45, 2.75) is 19.9 Å². The van der Waals surface area contributed by atoms with Gasteiger partial charge in [0.05, 0.1) is 17.6 Å². The van der Waals surface area contributed by atoms with Crippen LogP contribution in [0.3, 0.4) is 0 Å². The number of hydrogen-bond acceptors (Lipinski definition) is 2. The molecule has 1 heterocycles. The second-order valence-corrected chi connectivity index (χ2v) is 5.70. The summed E-state index contributed by atoms with van der Waals surface area (Å²) in [5.41, 5.74) is 3.00. The van der Waals surface area contributed by atoms with E-state index in [1.807, 2.05) is 31.2 Å². The molecule has 3 N–H and O–H groups in total. The van der Waals surface area contributed by atoms with E-state index in [0.717, 1.165) is 47.9 Å². The van der Waals surface area contributed by atoms with Crippen molar-refractivity contribution < 1.29 is 4.39 Å². The molecule has 138 valence electrons. The Labute approximate surface area is 169 Å². The number of para-hydroxylation sites is 2. The fourth-order valence-corrected chi connectivity index (χ4v) is 2.53. The van der Waals surface area contributed by atoms with Gasteiger partial charge in [-0.15, -0.1) is 24.0 Å². The lowest BCUT2D eigenvalue weighted by molar-refractivity contribution is 0.627. The highest BCUT2D eigenvalue weighted by atomic mass is 127. The second kappa shape index (κ2) is 10.1. The maximum atomic E-state index is 12.9. The first-order valence-corrected chi connectivity index (χ1v) is 8.45. The van der Waals surface area contributed by atoms with Crippen LogP contribution >= 0.6 is 24.0 Å². The number of aromatic amines is 1. The van der Waals surface area contributed by atoms with E-state index in [0.29, 0.717) is 6.54 Å². The normalized spacial score (nSPS) is 11.2. The Balaban J connectivity index is 0.00000243. The third-order valence-corrected chi connectivity index (χ3v) is 3.77. The van der Waals surface area contributed by atoms with E-state index in [-0.39, 0.29) is 29.8 Å². The highest BCUT2D eigenvalue weighted by Crippen LogP contribution is 2.10. The molecule has 0 spiro atoms. The minimum absolute atomic E-state index is 0. The molecule has 0 aliphatic heterocycles. The van der Waals surface area contributed by atoms with Crippen LogP contribution in [0.4, 0.5) is 4.39 Å². The molecule has 0 unspecified atom stereocenters. The van der Waals surface area contributed by atoms with Crippen LogP contribution in [0, 0.1) is 5.82 Å². The van der Waals surface area contributed by atoms with Crippen molar-refractivity contribution in [2.75, 3.05) is 13.1 Å². The second-order valence-electron chi connectivity index (χ2n) is 5.70. The molecule has 0 bridgehead atoms. The number of fused-ring (bicyclic) bond motifs is 1. The van der Waals surface area contributed by atoms with Crippen LogP contribution in [0.5, 0.6) is 0 Å². The zero-order valence-corrected chi connectivity index (χ0v) is 17.0. The lowest BCUT2D eigenvalue weighted by Crippen LogP contribution is -2.38. The first kappa shape index (κ1) is 20.2. The summed E-state index contributed by atoms with van der Waals surface area (Å²) in [6.45, 7) is 4.02. The lowest BCUT2D eigenvalue weighted by atomic mass is 10.2. The van der Waals surface area contributed by atoms with Gasteiger partial charge in [-0.25, -0.2) is 14.4 Å². The Morgan fingerprint density at radius 3 is 2.62 bits per heavy atom. The Hall–Kier alpha value is -2.16. The predicted octanol–water partition coefficient (Wildman–Crippen LogP) is 3.62. The molecule has 26 heavy (non-hydrogen) atoms. The number of guanidine groups is 1. The number of rotatable bonds is 6. The van der Waals surface area contributed by atoms with Gasteiger partial charge in [-0.05, 0) is 36.8 Å². The number of aromatic nitrogens is 2. The molecule has 0 saturated heterocycles. The first-order chi connectivity index (χ1) is 12.2. The van der Waals surface area contributed by atoms with Crippen LogP contribution in [0.2, 0.25) is 0 Å². The van der Waals surface area contributed by atoms with Crippen molar-refractivity contribution >= 4 is 41.0 Å². The number of nitrogens with one attached hydrogen (secondary N) is 3. The van der Waals surface area contributed by atoms with Gasteiger partial charge in [0.2, 0.25) is 0 Å². The molecule has 0 amide bonds. The third kappa shape index (κ3) is 5.69. The lowest BCUT2D eigenvalue weighted by Gasteiger charge is -2.10. The van der Waals surface area contributed by atoms with E-state index in [4.69, 9.17) is 0 Å². The molecule has 5 nitrogen and oxygen atoms in total. The molecular formula is C19H23FIN5. The van der Waals surface area contributed by atoms with Gasteiger partial charge in [-0.2, -0.15) is 0 Å². The van der Waals surface area contributed by atoms with E-state index in [9.17, 15) is 4.39 Å². The van der Waals surface area contributed by atoms with Crippen molar-refractivity contribution in [3.63, 3.8) is 0 Å². The van der Waals surface area contributed by atoms with E-state index in [2.05, 4.69) is 25.6 Å². The number of imidazole rings is 1. The Morgan fingerprint density at radius 2 is 1.88 bits per heavy atom. The maximum Gasteiger partial charge on any atom is 0.191 e. The fourth-order valence-electron chi connectivity index (χ4n) is 2.53. The smallest absolute Gasteiger partial charge is 0.191 e. The van der Waals surface area contributed by atoms with Crippen LogP contribution in [-0.2, 0) is 13.0 Å². The van der Waals surface area contributed by atoms with Crippen molar-refractivity contribution in [2.24, 2.45) is 4.99 Å². The molecule has 0 radical (unpaired) electrons. The summed E-state index contributed by atoms with van der Waals surface area (Å²) in [6, 6.07) is 14.4.